The second-order valence-corrected chi connectivity index (χ2v) is 7.11. The largest absolute Gasteiger partial charge is 0.358 e. The van der Waals surface area contributed by atoms with Gasteiger partial charge >= 0.3 is 21.2 Å². The first kappa shape index (κ1) is 12.6. The first-order chi connectivity index (χ1) is 8.06. The van der Waals surface area contributed by atoms with Crippen LogP contribution in [0.1, 0.15) is 16.7 Å². The van der Waals surface area contributed by atoms with Crippen LogP contribution in [-0.2, 0) is 0 Å². The molecule has 0 aliphatic rings. The Labute approximate surface area is 112 Å². The summed E-state index contributed by atoms with van der Waals surface area (Å²) >= 11 is -0.207. The summed E-state index contributed by atoms with van der Waals surface area (Å²) in [4.78, 5) is 0. The van der Waals surface area contributed by atoms with Gasteiger partial charge in [-0.2, -0.15) is 0 Å². The van der Waals surface area contributed by atoms with E-state index >= 15 is 0 Å². The summed E-state index contributed by atoms with van der Waals surface area (Å²) in [5.41, 5.74) is 4.03. The Morgan fingerprint density at radius 1 is 0.882 bits per heavy atom. The topological polar surface area (TPSA) is 0 Å². The molecule has 0 aliphatic heterocycles. The van der Waals surface area contributed by atoms with Gasteiger partial charge in [0.05, 0.1) is 0 Å². The van der Waals surface area contributed by atoms with E-state index in [1.54, 1.807) is 12.1 Å². The third kappa shape index (κ3) is 3.06. The zero-order chi connectivity index (χ0) is 12.4. The minimum atomic E-state index is -0.207. The van der Waals surface area contributed by atoms with E-state index < -0.39 is 0 Å². The highest BCUT2D eigenvalue weighted by Crippen LogP contribution is 2.07. The third-order valence-electron chi connectivity index (χ3n) is 2.59. The summed E-state index contributed by atoms with van der Waals surface area (Å²) in [6.07, 6.45) is 0. The first-order valence-electron chi connectivity index (χ1n) is 5.54. The molecule has 88 valence electrons. The van der Waals surface area contributed by atoms with Crippen molar-refractivity contribution in [2.75, 3.05) is 0 Å². The predicted octanol–water partition coefficient (Wildman–Crippen LogP) is 0.879. The molecule has 0 aromatic heterocycles. The average Bonchev–Trinajstić information content (AvgIpc) is 2.26. The summed E-state index contributed by atoms with van der Waals surface area (Å²) in [6, 6.07) is 11.4. The second-order valence-electron chi connectivity index (χ2n) is 4.24. The lowest BCUT2D eigenvalue weighted by Gasteiger charge is -2.00. The highest BCUT2D eigenvalue weighted by atomic mass is 127. The van der Waals surface area contributed by atoms with E-state index in [0.717, 1.165) is 0 Å². The van der Waals surface area contributed by atoms with Gasteiger partial charge in [0.1, 0.15) is 5.82 Å². The molecule has 2 heteroatoms. The van der Waals surface area contributed by atoms with Gasteiger partial charge in [0, 0.05) is 11.1 Å². The van der Waals surface area contributed by atoms with E-state index in [0.29, 0.717) is 0 Å². The van der Waals surface area contributed by atoms with E-state index in [4.69, 9.17) is 0 Å². The molecule has 2 rings (SSSR count). The van der Waals surface area contributed by atoms with Crippen LogP contribution in [0.15, 0.2) is 36.4 Å². The molecule has 0 unspecified atom stereocenters. The monoisotopic (exact) mass is 341 g/mol. The van der Waals surface area contributed by atoms with Gasteiger partial charge in [0.25, 0.3) is 0 Å². The molecule has 0 nitrogen and oxygen atoms in total. The smallest absolute Gasteiger partial charge is 0.207 e. The number of rotatable bonds is 2. The van der Waals surface area contributed by atoms with Crippen molar-refractivity contribution in [1.29, 1.82) is 0 Å². The fourth-order valence-corrected chi connectivity index (χ4v) is 4.42. The predicted molar refractivity (Wildman–Crippen MR) is 64.4 cm³/mol. The van der Waals surface area contributed by atoms with Crippen molar-refractivity contribution < 1.29 is 25.6 Å². The van der Waals surface area contributed by atoms with Gasteiger partial charge in [0.15, 0.2) is 7.14 Å². The molecule has 2 aromatic rings. The first-order valence-corrected chi connectivity index (χ1v) is 7.70. The number of benzene rings is 2. The average molecular weight is 341 g/mol. The molecule has 0 bridgehead atoms. The Morgan fingerprint density at radius 3 is 1.94 bits per heavy atom. The second kappa shape index (κ2) is 5.17. The fraction of sp³-hybridized carbons (Fsp3) is 0.200. The van der Waals surface area contributed by atoms with Crippen molar-refractivity contribution in [2.45, 2.75) is 20.8 Å². The molecule has 2 aromatic carbocycles. The van der Waals surface area contributed by atoms with Crippen LogP contribution < -0.4 is 21.2 Å². The van der Waals surface area contributed by atoms with E-state index in [2.05, 4.69) is 32.9 Å². The van der Waals surface area contributed by atoms with Crippen molar-refractivity contribution in [1.82, 2.24) is 0 Å². The summed E-state index contributed by atoms with van der Waals surface area (Å²) in [7, 11) is 0. The van der Waals surface area contributed by atoms with Crippen molar-refractivity contribution in [3.8, 4) is 0 Å². The van der Waals surface area contributed by atoms with E-state index in [1.807, 2.05) is 12.1 Å². The van der Waals surface area contributed by atoms with Gasteiger partial charge in [-0.05, 0) is 45.0 Å². The van der Waals surface area contributed by atoms with Crippen molar-refractivity contribution in [3.05, 3.63) is 66.0 Å². The van der Waals surface area contributed by atoms with Crippen LogP contribution in [0.5, 0.6) is 0 Å². The summed E-state index contributed by atoms with van der Waals surface area (Å²) in [5, 5.41) is 0. The Balaban J connectivity index is 2.33. The minimum Gasteiger partial charge on any atom is -0.207 e. The van der Waals surface area contributed by atoms with Gasteiger partial charge in [-0.1, -0.05) is 17.7 Å². The zero-order valence-corrected chi connectivity index (χ0v) is 12.4. The van der Waals surface area contributed by atoms with E-state index in [9.17, 15) is 4.39 Å². The minimum absolute atomic E-state index is 0.157. The van der Waals surface area contributed by atoms with E-state index in [1.165, 1.54) is 23.8 Å². The summed E-state index contributed by atoms with van der Waals surface area (Å²) in [6.45, 7) is 6.46. The molecule has 0 radical (unpaired) electrons. The molecule has 0 saturated heterocycles. The number of hydrogen-bond donors (Lipinski definition) is 0. The lowest BCUT2D eigenvalue weighted by molar-refractivity contribution is -0.598. The van der Waals surface area contributed by atoms with Crippen molar-refractivity contribution in [3.63, 3.8) is 0 Å². The molecule has 0 amide bonds. The van der Waals surface area contributed by atoms with Crippen LogP contribution in [-0.4, -0.2) is 0 Å². The van der Waals surface area contributed by atoms with Gasteiger partial charge in [-0.25, -0.2) is 4.39 Å². The molecule has 0 atom stereocenters. The van der Waals surface area contributed by atoms with Gasteiger partial charge in [-0.3, -0.25) is 0 Å². The molecular formula is C15H15FI+. The highest BCUT2D eigenvalue weighted by Gasteiger charge is 2.21. The van der Waals surface area contributed by atoms with Gasteiger partial charge < -0.3 is 0 Å². The Morgan fingerprint density at radius 2 is 1.41 bits per heavy atom. The molecule has 0 spiro atoms. The molecule has 0 N–H and O–H groups in total. The Kier molecular flexibility index (Phi) is 3.82. The maximum atomic E-state index is 12.8. The van der Waals surface area contributed by atoms with Crippen LogP contribution in [0.4, 0.5) is 4.39 Å². The van der Waals surface area contributed by atoms with Crippen LogP contribution in [0.3, 0.4) is 0 Å². The highest BCUT2D eigenvalue weighted by molar-refractivity contribution is 5.27. The maximum Gasteiger partial charge on any atom is 0.358 e. The quantitative estimate of drug-likeness (QED) is 0.712. The third-order valence-corrected chi connectivity index (χ3v) is 6.17. The summed E-state index contributed by atoms with van der Waals surface area (Å²) in [5.74, 6) is -0.157. The Hall–Kier alpha value is -0.900. The molecule has 17 heavy (non-hydrogen) atoms. The van der Waals surface area contributed by atoms with Gasteiger partial charge in [0.2, 0.25) is 0 Å². The lowest BCUT2D eigenvalue weighted by atomic mass is 10.1. The molecule has 0 fully saturated rings. The lowest BCUT2D eigenvalue weighted by Crippen LogP contribution is -3.62. The molecule has 0 aliphatic carbocycles. The van der Waals surface area contributed by atoms with Crippen molar-refractivity contribution >= 4 is 0 Å². The molecule has 0 saturated carbocycles. The number of aryl methyl sites for hydroxylation is 3. The van der Waals surface area contributed by atoms with Crippen molar-refractivity contribution in [2.24, 2.45) is 0 Å². The Bertz CT molecular complexity index is 506. The van der Waals surface area contributed by atoms with Crippen LogP contribution in [0.25, 0.3) is 0 Å². The van der Waals surface area contributed by atoms with Crippen LogP contribution in [0.2, 0.25) is 0 Å². The molecular weight excluding hydrogens is 326 g/mol. The van der Waals surface area contributed by atoms with Crippen LogP contribution >= 0.6 is 0 Å². The van der Waals surface area contributed by atoms with Crippen LogP contribution in [0, 0.1) is 33.7 Å². The number of halogens is 2. The van der Waals surface area contributed by atoms with E-state index in [-0.39, 0.29) is 27.0 Å². The molecule has 0 heterocycles. The normalized spacial score (nSPS) is 10.6. The van der Waals surface area contributed by atoms with Gasteiger partial charge in [-0.15, -0.1) is 0 Å². The maximum absolute atomic E-state index is 12.8. The zero-order valence-electron chi connectivity index (χ0n) is 10.2. The standard InChI is InChI=1S/C15H15FI/c1-10-8-11(2)15(12(3)9-10)17-14-6-4-13(16)5-7-14/h4-9H,1-3H3/q+1. The fourth-order valence-electron chi connectivity index (χ4n) is 1.91. The number of hydrogen-bond acceptors (Lipinski definition) is 0. The SMILES string of the molecule is Cc1cc(C)c([I+]c2ccc(F)cc2)c(C)c1. The summed E-state index contributed by atoms with van der Waals surface area (Å²) < 4.78 is 15.6.